The standard InChI is InChI=1S/C13H16BrNO/c14-11-1-3-12(4-2-11)15-8-5-13(6-9-15)7-10-16-13/h1-4H,5-10H2. The zero-order chi connectivity index (χ0) is 11.0. The van der Waals surface area contributed by atoms with Gasteiger partial charge in [-0.1, -0.05) is 15.9 Å². The Kier molecular flexibility index (Phi) is 2.68. The number of benzene rings is 1. The van der Waals surface area contributed by atoms with Crippen molar-refractivity contribution in [2.45, 2.75) is 24.9 Å². The van der Waals surface area contributed by atoms with E-state index in [0.29, 0.717) is 0 Å². The highest BCUT2D eigenvalue weighted by molar-refractivity contribution is 9.10. The molecule has 0 aromatic heterocycles. The average molecular weight is 282 g/mol. The molecule has 3 heteroatoms. The van der Waals surface area contributed by atoms with Crippen LogP contribution in [0.15, 0.2) is 28.7 Å². The summed E-state index contributed by atoms with van der Waals surface area (Å²) in [7, 11) is 0. The number of ether oxygens (including phenoxy) is 1. The van der Waals surface area contributed by atoms with Crippen molar-refractivity contribution in [1.82, 2.24) is 0 Å². The summed E-state index contributed by atoms with van der Waals surface area (Å²) in [6.45, 7) is 3.22. The van der Waals surface area contributed by atoms with Crippen LogP contribution in [0, 0.1) is 0 Å². The Balaban J connectivity index is 1.67. The summed E-state index contributed by atoms with van der Waals surface area (Å²) in [6.07, 6.45) is 3.63. The van der Waals surface area contributed by atoms with E-state index in [1.165, 1.54) is 24.9 Å². The molecule has 2 aliphatic rings. The van der Waals surface area contributed by atoms with E-state index >= 15 is 0 Å². The third-order valence-electron chi connectivity index (χ3n) is 3.83. The lowest BCUT2D eigenvalue weighted by Crippen LogP contribution is -2.52. The fraction of sp³-hybridized carbons (Fsp3) is 0.538. The fourth-order valence-electron chi connectivity index (χ4n) is 2.61. The Morgan fingerprint density at radius 2 is 1.69 bits per heavy atom. The molecule has 16 heavy (non-hydrogen) atoms. The van der Waals surface area contributed by atoms with Gasteiger partial charge in [-0.05, 0) is 43.5 Å². The summed E-state index contributed by atoms with van der Waals surface area (Å²) in [6, 6.07) is 8.59. The van der Waals surface area contributed by atoms with Gasteiger partial charge in [0.15, 0.2) is 0 Å². The number of rotatable bonds is 1. The van der Waals surface area contributed by atoms with Crippen molar-refractivity contribution in [3.05, 3.63) is 28.7 Å². The van der Waals surface area contributed by atoms with Crippen LogP contribution in [-0.4, -0.2) is 25.3 Å². The molecule has 1 spiro atoms. The van der Waals surface area contributed by atoms with Gasteiger partial charge in [0, 0.05) is 23.2 Å². The summed E-state index contributed by atoms with van der Waals surface area (Å²) in [4.78, 5) is 2.46. The van der Waals surface area contributed by atoms with E-state index in [-0.39, 0.29) is 5.60 Å². The molecule has 0 saturated carbocycles. The predicted molar refractivity (Wildman–Crippen MR) is 68.9 cm³/mol. The first-order chi connectivity index (χ1) is 7.77. The minimum atomic E-state index is 0.256. The van der Waals surface area contributed by atoms with Crippen molar-refractivity contribution in [2.75, 3.05) is 24.6 Å². The summed E-state index contributed by atoms with van der Waals surface area (Å²) in [5.74, 6) is 0. The van der Waals surface area contributed by atoms with Gasteiger partial charge in [0.25, 0.3) is 0 Å². The molecule has 1 aromatic carbocycles. The van der Waals surface area contributed by atoms with Crippen LogP contribution in [0.4, 0.5) is 5.69 Å². The molecule has 86 valence electrons. The minimum absolute atomic E-state index is 0.256. The number of anilines is 1. The van der Waals surface area contributed by atoms with Gasteiger partial charge in [-0.3, -0.25) is 0 Å². The monoisotopic (exact) mass is 281 g/mol. The molecule has 2 fully saturated rings. The van der Waals surface area contributed by atoms with E-state index in [1.54, 1.807) is 0 Å². The zero-order valence-corrected chi connectivity index (χ0v) is 10.9. The van der Waals surface area contributed by atoms with Crippen LogP contribution in [0.1, 0.15) is 19.3 Å². The predicted octanol–water partition coefficient (Wildman–Crippen LogP) is 3.21. The molecule has 2 nitrogen and oxygen atoms in total. The molecule has 2 saturated heterocycles. The first kappa shape index (κ1) is 10.6. The maximum atomic E-state index is 5.73. The van der Waals surface area contributed by atoms with Crippen LogP contribution in [0.5, 0.6) is 0 Å². The minimum Gasteiger partial charge on any atom is -0.375 e. The van der Waals surface area contributed by atoms with Crippen LogP contribution in [-0.2, 0) is 4.74 Å². The van der Waals surface area contributed by atoms with Crippen LogP contribution in [0.3, 0.4) is 0 Å². The molecule has 2 aliphatic heterocycles. The lowest BCUT2D eigenvalue weighted by atomic mass is 9.84. The van der Waals surface area contributed by atoms with Gasteiger partial charge in [0.2, 0.25) is 0 Å². The van der Waals surface area contributed by atoms with Crippen molar-refractivity contribution in [3.63, 3.8) is 0 Å². The van der Waals surface area contributed by atoms with Crippen molar-refractivity contribution in [1.29, 1.82) is 0 Å². The molecule has 0 unspecified atom stereocenters. The van der Waals surface area contributed by atoms with Crippen molar-refractivity contribution < 1.29 is 4.74 Å². The molecule has 0 radical (unpaired) electrons. The fourth-order valence-corrected chi connectivity index (χ4v) is 2.87. The summed E-state index contributed by atoms with van der Waals surface area (Å²) in [5.41, 5.74) is 1.59. The van der Waals surface area contributed by atoms with E-state index < -0.39 is 0 Å². The highest BCUT2D eigenvalue weighted by Gasteiger charge is 2.40. The molecular formula is C13H16BrNO. The van der Waals surface area contributed by atoms with E-state index in [1.807, 2.05) is 0 Å². The molecular weight excluding hydrogens is 266 g/mol. The number of hydrogen-bond donors (Lipinski definition) is 0. The molecule has 1 aromatic rings. The van der Waals surface area contributed by atoms with Gasteiger partial charge in [-0.15, -0.1) is 0 Å². The van der Waals surface area contributed by atoms with Crippen LogP contribution in [0.25, 0.3) is 0 Å². The Morgan fingerprint density at radius 1 is 1.06 bits per heavy atom. The van der Waals surface area contributed by atoms with E-state index in [0.717, 1.165) is 24.2 Å². The highest BCUT2D eigenvalue weighted by Crippen LogP contribution is 2.37. The van der Waals surface area contributed by atoms with E-state index in [2.05, 4.69) is 45.1 Å². The second-order valence-corrected chi connectivity index (χ2v) is 5.66. The van der Waals surface area contributed by atoms with Gasteiger partial charge in [0.05, 0.1) is 12.2 Å². The maximum absolute atomic E-state index is 5.73. The van der Waals surface area contributed by atoms with Crippen molar-refractivity contribution in [2.24, 2.45) is 0 Å². The molecule has 0 atom stereocenters. The molecule has 2 heterocycles. The van der Waals surface area contributed by atoms with Gasteiger partial charge in [0.1, 0.15) is 0 Å². The largest absolute Gasteiger partial charge is 0.375 e. The Bertz CT molecular complexity index is 362. The van der Waals surface area contributed by atoms with Crippen molar-refractivity contribution in [3.8, 4) is 0 Å². The molecule has 0 N–H and O–H groups in total. The smallest absolute Gasteiger partial charge is 0.0738 e. The van der Waals surface area contributed by atoms with Gasteiger partial charge < -0.3 is 9.64 Å². The highest BCUT2D eigenvalue weighted by atomic mass is 79.9. The summed E-state index contributed by atoms with van der Waals surface area (Å²) in [5, 5.41) is 0. The quantitative estimate of drug-likeness (QED) is 0.784. The lowest BCUT2D eigenvalue weighted by Gasteiger charge is -2.48. The van der Waals surface area contributed by atoms with Gasteiger partial charge in [-0.25, -0.2) is 0 Å². The first-order valence-electron chi connectivity index (χ1n) is 5.92. The number of piperidine rings is 1. The second-order valence-electron chi connectivity index (χ2n) is 4.74. The topological polar surface area (TPSA) is 12.5 Å². The maximum Gasteiger partial charge on any atom is 0.0738 e. The average Bonchev–Trinajstić information content (AvgIpc) is 2.28. The first-order valence-corrected chi connectivity index (χ1v) is 6.71. The number of nitrogens with zero attached hydrogens (tertiary/aromatic N) is 1. The third-order valence-corrected chi connectivity index (χ3v) is 4.36. The Morgan fingerprint density at radius 3 is 2.19 bits per heavy atom. The molecule has 0 amide bonds. The number of hydrogen-bond acceptors (Lipinski definition) is 2. The van der Waals surface area contributed by atoms with E-state index in [4.69, 9.17) is 4.74 Å². The van der Waals surface area contributed by atoms with Gasteiger partial charge >= 0.3 is 0 Å². The third kappa shape index (κ3) is 1.87. The Labute approximate surface area is 105 Å². The number of halogens is 1. The molecule has 0 aliphatic carbocycles. The Hall–Kier alpha value is -0.540. The van der Waals surface area contributed by atoms with E-state index in [9.17, 15) is 0 Å². The zero-order valence-electron chi connectivity index (χ0n) is 9.29. The molecule has 0 bridgehead atoms. The lowest BCUT2D eigenvalue weighted by molar-refractivity contribution is -0.158. The second kappa shape index (κ2) is 4.04. The van der Waals surface area contributed by atoms with Crippen molar-refractivity contribution >= 4 is 21.6 Å². The molecule has 3 rings (SSSR count). The van der Waals surface area contributed by atoms with Crippen LogP contribution < -0.4 is 4.90 Å². The normalized spacial score (nSPS) is 23.2. The van der Waals surface area contributed by atoms with Crippen LogP contribution in [0.2, 0.25) is 0 Å². The summed E-state index contributed by atoms with van der Waals surface area (Å²) < 4.78 is 6.87. The van der Waals surface area contributed by atoms with Gasteiger partial charge in [-0.2, -0.15) is 0 Å². The van der Waals surface area contributed by atoms with Crippen LogP contribution >= 0.6 is 15.9 Å². The SMILES string of the molecule is Brc1ccc(N2CCC3(CCO3)CC2)cc1. The summed E-state index contributed by atoms with van der Waals surface area (Å²) >= 11 is 3.47.